The fraction of sp³-hybridized carbons (Fsp3) is 0.158. The van der Waals surface area contributed by atoms with Crippen LogP contribution in [0.3, 0.4) is 0 Å². The third-order valence-electron chi connectivity index (χ3n) is 4.17. The van der Waals surface area contributed by atoms with Gasteiger partial charge < -0.3 is 14.3 Å². The van der Waals surface area contributed by atoms with Gasteiger partial charge in [-0.05, 0) is 24.3 Å². The number of carbonyl (C=O) groups excluding carboxylic acids is 1. The molecule has 1 amide bonds. The highest BCUT2D eigenvalue weighted by molar-refractivity contribution is 7.38. The quantitative estimate of drug-likeness (QED) is 0.317. The fourth-order valence-electron chi connectivity index (χ4n) is 2.79. The van der Waals surface area contributed by atoms with Crippen molar-refractivity contribution in [1.82, 2.24) is 5.16 Å². The van der Waals surface area contributed by atoms with Crippen LogP contribution in [0.1, 0.15) is 0 Å². The van der Waals surface area contributed by atoms with Gasteiger partial charge in [-0.3, -0.25) is 9.36 Å². The molecule has 1 atom stereocenters. The lowest BCUT2D eigenvalue weighted by molar-refractivity contribution is -0.116. The molecule has 6 nitrogen and oxygen atoms in total. The fourth-order valence-corrected chi connectivity index (χ4v) is 4.03. The minimum absolute atomic E-state index is 0.0105. The Morgan fingerprint density at radius 3 is 2.43 bits per heavy atom. The molecule has 0 saturated carbocycles. The van der Waals surface area contributed by atoms with E-state index in [4.69, 9.17) is 55.8 Å². The third-order valence-corrected chi connectivity index (χ3v) is 5.83. The number of hydrogen-bond acceptors (Lipinski definition) is 4. The number of carbonyl (C=O) groups is 1. The summed E-state index contributed by atoms with van der Waals surface area (Å²) in [6.07, 6.45) is -0.0847. The molecule has 0 spiro atoms. The molecule has 0 fully saturated rings. The summed E-state index contributed by atoms with van der Waals surface area (Å²) in [7, 11) is -2.78. The van der Waals surface area contributed by atoms with Gasteiger partial charge in [0, 0.05) is 35.6 Å². The minimum atomic E-state index is -2.78. The lowest BCUT2D eigenvalue weighted by Gasteiger charge is -2.23. The summed E-state index contributed by atoms with van der Waals surface area (Å²) < 4.78 is 16.6. The van der Waals surface area contributed by atoms with Crippen molar-refractivity contribution in [2.24, 2.45) is 0 Å². The summed E-state index contributed by atoms with van der Waals surface area (Å²) in [4.78, 5) is 21.5. The summed E-state index contributed by atoms with van der Waals surface area (Å²) in [6.45, 7) is -0.0105. The van der Waals surface area contributed by atoms with E-state index in [2.05, 4.69) is 5.16 Å². The van der Waals surface area contributed by atoms with Crippen molar-refractivity contribution in [3.63, 3.8) is 0 Å². The Morgan fingerprint density at radius 1 is 1.13 bits per heavy atom. The Bertz CT molecular complexity index is 1070. The molecular weight excluding hydrogens is 493 g/mol. The van der Waals surface area contributed by atoms with Crippen LogP contribution in [0, 0.1) is 0 Å². The second-order valence-corrected chi connectivity index (χ2v) is 9.36. The van der Waals surface area contributed by atoms with Crippen molar-refractivity contribution in [3.05, 3.63) is 58.6 Å². The molecule has 0 radical (unpaired) electrons. The number of rotatable bonds is 7. The van der Waals surface area contributed by atoms with Gasteiger partial charge in [0.25, 0.3) is 5.91 Å². The maximum atomic E-state index is 12.4. The van der Waals surface area contributed by atoms with E-state index >= 15 is 0 Å². The first-order valence-electron chi connectivity index (χ1n) is 8.60. The van der Waals surface area contributed by atoms with E-state index in [0.29, 0.717) is 38.3 Å². The van der Waals surface area contributed by atoms with Crippen molar-refractivity contribution in [2.45, 2.75) is 4.84 Å². The summed E-state index contributed by atoms with van der Waals surface area (Å²) in [5.41, 5.74) is 2.06. The average molecular weight is 508 g/mol. The molecule has 11 heteroatoms. The predicted molar refractivity (Wildman–Crippen MR) is 121 cm³/mol. The Kier molecular flexibility index (Phi) is 7.86. The molecule has 0 aliphatic rings. The van der Waals surface area contributed by atoms with E-state index in [1.165, 1.54) is 4.90 Å². The predicted octanol–water partition coefficient (Wildman–Crippen LogP) is 5.92. The van der Waals surface area contributed by atoms with E-state index in [0.717, 1.165) is 0 Å². The molecule has 1 heterocycles. The number of aromatic nitrogens is 1. The molecule has 2 aromatic carbocycles. The van der Waals surface area contributed by atoms with Crippen LogP contribution in [0.2, 0.25) is 10.0 Å². The highest BCUT2D eigenvalue weighted by Crippen LogP contribution is 2.36. The third kappa shape index (κ3) is 5.38. The van der Waals surface area contributed by atoms with E-state index in [1.807, 2.05) is 0 Å². The zero-order chi connectivity index (χ0) is 21.8. The Morgan fingerprint density at radius 2 is 1.80 bits per heavy atom. The molecule has 1 N–H and O–H groups in total. The molecule has 0 saturated heterocycles. The molecule has 3 rings (SSSR count). The number of nitrogens with zero attached hydrogens (tertiary/aromatic N) is 2. The first kappa shape index (κ1) is 23.1. The van der Waals surface area contributed by atoms with Crippen molar-refractivity contribution in [2.75, 3.05) is 17.6 Å². The highest BCUT2D eigenvalue weighted by atomic mass is 35.5. The van der Waals surface area contributed by atoms with Crippen LogP contribution in [0.4, 0.5) is 5.69 Å². The SMILES string of the molecule is O=C(C(Cl)Cl)N(CC[PH](=O)O)c1cccc(-c2cc(-c3c(Cl)cccc3Cl)no2)c1. The highest BCUT2D eigenvalue weighted by Gasteiger charge is 2.23. The van der Waals surface area contributed by atoms with E-state index in [9.17, 15) is 9.36 Å². The molecule has 1 aromatic heterocycles. The monoisotopic (exact) mass is 506 g/mol. The second-order valence-electron chi connectivity index (χ2n) is 6.16. The maximum Gasteiger partial charge on any atom is 0.260 e. The van der Waals surface area contributed by atoms with Gasteiger partial charge in [-0.2, -0.15) is 0 Å². The van der Waals surface area contributed by atoms with Gasteiger partial charge in [0.2, 0.25) is 0 Å². The maximum absolute atomic E-state index is 12.4. The molecule has 158 valence electrons. The zero-order valence-electron chi connectivity index (χ0n) is 15.2. The standard InChI is InChI=1S/C19H15Cl4N2O4P/c20-13-5-2-6-14(21)17(13)15-10-16(29-24-15)11-3-1-4-12(9-11)25(7-8-30(27)28)19(26)18(22)23/h1-6,9-10,18,30H,7-8H2,(H,27,28). The van der Waals surface area contributed by atoms with Gasteiger partial charge in [0.15, 0.2) is 18.6 Å². The van der Waals surface area contributed by atoms with Crippen LogP contribution >= 0.6 is 54.4 Å². The summed E-state index contributed by atoms with van der Waals surface area (Å²) >= 11 is 23.9. The van der Waals surface area contributed by atoms with Crippen LogP contribution in [0.25, 0.3) is 22.6 Å². The lowest BCUT2D eigenvalue weighted by Crippen LogP contribution is -2.36. The molecule has 3 aromatic rings. The van der Waals surface area contributed by atoms with E-state index in [-0.39, 0.29) is 12.7 Å². The first-order chi connectivity index (χ1) is 14.3. The van der Waals surface area contributed by atoms with Crippen molar-refractivity contribution in [3.8, 4) is 22.6 Å². The molecule has 0 aliphatic carbocycles. The molecular formula is C19H15Cl4N2O4P. The number of hydrogen-bond donors (Lipinski definition) is 1. The summed E-state index contributed by atoms with van der Waals surface area (Å²) in [6, 6.07) is 13.6. The largest absolute Gasteiger partial charge is 0.356 e. The average Bonchev–Trinajstić information content (AvgIpc) is 3.17. The van der Waals surface area contributed by atoms with Gasteiger partial charge in [-0.25, -0.2) is 0 Å². The van der Waals surface area contributed by atoms with Gasteiger partial charge in [-0.1, -0.05) is 69.8 Å². The van der Waals surface area contributed by atoms with Gasteiger partial charge in [-0.15, -0.1) is 0 Å². The van der Waals surface area contributed by atoms with Gasteiger partial charge in [0.05, 0.1) is 10.0 Å². The first-order valence-corrected chi connectivity index (χ1v) is 11.8. The number of alkyl halides is 2. The summed E-state index contributed by atoms with van der Waals surface area (Å²) in [5.74, 6) is -0.181. The number of anilines is 1. The molecule has 0 aliphatic heterocycles. The van der Waals surface area contributed by atoms with E-state index in [1.54, 1.807) is 48.5 Å². The number of amides is 1. The molecule has 30 heavy (non-hydrogen) atoms. The van der Waals surface area contributed by atoms with Crippen LogP contribution in [0.5, 0.6) is 0 Å². The second kappa shape index (κ2) is 10.2. The normalized spacial score (nSPS) is 12.2. The lowest BCUT2D eigenvalue weighted by atomic mass is 10.1. The van der Waals surface area contributed by atoms with Crippen molar-refractivity contribution in [1.29, 1.82) is 0 Å². The Hall–Kier alpha value is -1.53. The number of halogens is 4. The zero-order valence-corrected chi connectivity index (χ0v) is 19.2. The van der Waals surface area contributed by atoms with Crippen LogP contribution in [-0.4, -0.2) is 33.5 Å². The smallest absolute Gasteiger partial charge is 0.260 e. The van der Waals surface area contributed by atoms with Crippen molar-refractivity contribution < 1.29 is 18.8 Å². The minimum Gasteiger partial charge on any atom is -0.356 e. The van der Waals surface area contributed by atoms with Crippen LogP contribution in [-0.2, 0) is 9.36 Å². The van der Waals surface area contributed by atoms with E-state index < -0.39 is 18.8 Å². The molecule has 1 unspecified atom stereocenters. The Labute approximate surface area is 193 Å². The Balaban J connectivity index is 1.95. The van der Waals surface area contributed by atoms with Gasteiger partial charge >= 0.3 is 0 Å². The number of benzene rings is 2. The topological polar surface area (TPSA) is 83.6 Å². The molecule has 0 bridgehead atoms. The van der Waals surface area contributed by atoms with Crippen LogP contribution in [0.15, 0.2) is 53.1 Å². The van der Waals surface area contributed by atoms with Crippen LogP contribution < -0.4 is 4.90 Å². The van der Waals surface area contributed by atoms with Gasteiger partial charge in [0.1, 0.15) is 5.69 Å². The summed E-state index contributed by atoms with van der Waals surface area (Å²) in [5, 5.41) is 4.91. The van der Waals surface area contributed by atoms with Crippen molar-refractivity contribution >= 4 is 66.0 Å².